The van der Waals surface area contributed by atoms with Gasteiger partial charge in [-0.2, -0.15) is 0 Å². The normalized spacial score (nSPS) is 15.7. The van der Waals surface area contributed by atoms with Gasteiger partial charge < -0.3 is 20.0 Å². The Morgan fingerprint density at radius 3 is 2.19 bits per heavy atom. The van der Waals surface area contributed by atoms with Crippen LogP contribution in [0.2, 0.25) is 0 Å². The van der Waals surface area contributed by atoms with Gasteiger partial charge in [-0.05, 0) is 36.4 Å². The van der Waals surface area contributed by atoms with Gasteiger partial charge in [0, 0.05) is 46.2 Å². The fourth-order valence-corrected chi connectivity index (χ4v) is 4.02. The SMILES string of the molecule is C(=C/c1cc2ccc(C3=NCCN3)cc2o1)/c1cc2ccc(C3=NCCN3)cc2[nH]1.Cl. The van der Waals surface area contributed by atoms with Crippen LogP contribution in [0.5, 0.6) is 0 Å². The fourth-order valence-electron chi connectivity index (χ4n) is 4.02. The minimum Gasteiger partial charge on any atom is -0.457 e. The molecule has 4 aromatic rings. The van der Waals surface area contributed by atoms with Crippen molar-refractivity contribution in [2.45, 2.75) is 0 Å². The van der Waals surface area contributed by atoms with Crippen molar-refractivity contribution in [3.63, 3.8) is 0 Å². The molecule has 0 aliphatic carbocycles. The van der Waals surface area contributed by atoms with Crippen LogP contribution in [0, 0.1) is 0 Å². The van der Waals surface area contributed by atoms with Crippen molar-refractivity contribution in [1.82, 2.24) is 15.6 Å². The van der Waals surface area contributed by atoms with Crippen molar-refractivity contribution in [2.24, 2.45) is 9.98 Å². The quantitative estimate of drug-likeness (QED) is 0.453. The molecule has 2 aliphatic heterocycles. The fraction of sp³-hybridized carbons (Fsp3) is 0.167. The van der Waals surface area contributed by atoms with Gasteiger partial charge in [-0.25, -0.2) is 0 Å². The molecule has 156 valence electrons. The van der Waals surface area contributed by atoms with E-state index in [0.717, 1.165) is 76.9 Å². The summed E-state index contributed by atoms with van der Waals surface area (Å²) in [6.45, 7) is 3.48. The maximum absolute atomic E-state index is 6.04. The lowest BCUT2D eigenvalue weighted by Gasteiger charge is -2.01. The van der Waals surface area contributed by atoms with Gasteiger partial charge >= 0.3 is 0 Å². The zero-order valence-electron chi connectivity index (χ0n) is 16.8. The van der Waals surface area contributed by atoms with Crippen molar-refractivity contribution in [3.05, 3.63) is 71.1 Å². The number of aliphatic imine (C=N–C) groups is 2. The zero-order chi connectivity index (χ0) is 19.9. The smallest absolute Gasteiger partial charge is 0.135 e. The summed E-state index contributed by atoms with van der Waals surface area (Å²) in [5, 5.41) is 8.89. The van der Waals surface area contributed by atoms with Crippen molar-refractivity contribution < 1.29 is 4.42 Å². The predicted molar refractivity (Wildman–Crippen MR) is 130 cm³/mol. The van der Waals surface area contributed by atoms with Gasteiger partial charge in [-0.15, -0.1) is 12.4 Å². The first-order valence-corrected chi connectivity index (χ1v) is 10.2. The number of aromatic amines is 1. The highest BCUT2D eigenvalue weighted by Gasteiger charge is 2.11. The van der Waals surface area contributed by atoms with Gasteiger partial charge in [0.25, 0.3) is 0 Å². The number of hydrogen-bond acceptors (Lipinski definition) is 5. The lowest BCUT2D eigenvalue weighted by atomic mass is 10.1. The van der Waals surface area contributed by atoms with E-state index >= 15 is 0 Å². The number of benzene rings is 2. The average molecular weight is 432 g/mol. The highest BCUT2D eigenvalue weighted by Crippen LogP contribution is 2.24. The first kappa shape index (κ1) is 19.5. The molecule has 0 fully saturated rings. The lowest BCUT2D eigenvalue weighted by molar-refractivity contribution is 0.604. The van der Waals surface area contributed by atoms with E-state index in [0.29, 0.717) is 0 Å². The molecule has 6 rings (SSSR count). The van der Waals surface area contributed by atoms with Gasteiger partial charge in [0.1, 0.15) is 23.0 Å². The Morgan fingerprint density at radius 1 is 0.774 bits per heavy atom. The van der Waals surface area contributed by atoms with Crippen LogP contribution in [0.3, 0.4) is 0 Å². The van der Waals surface area contributed by atoms with Crippen LogP contribution in [0.15, 0.2) is 62.9 Å². The Balaban J connectivity index is 0.00000204. The van der Waals surface area contributed by atoms with E-state index in [1.807, 2.05) is 18.2 Å². The topological polar surface area (TPSA) is 77.7 Å². The summed E-state index contributed by atoms with van der Waals surface area (Å²) in [5.41, 5.74) is 5.19. The van der Waals surface area contributed by atoms with Crippen molar-refractivity contribution >= 4 is 58.1 Å². The van der Waals surface area contributed by atoms with Crippen molar-refractivity contribution in [1.29, 1.82) is 0 Å². The Kier molecular flexibility index (Phi) is 5.00. The van der Waals surface area contributed by atoms with E-state index in [1.165, 1.54) is 5.39 Å². The molecule has 2 aliphatic rings. The third-order valence-corrected chi connectivity index (χ3v) is 5.50. The van der Waals surface area contributed by atoms with Crippen molar-refractivity contribution in [3.8, 4) is 0 Å². The number of halogens is 1. The maximum Gasteiger partial charge on any atom is 0.135 e. The van der Waals surface area contributed by atoms with E-state index in [2.05, 4.69) is 68.1 Å². The molecule has 7 heteroatoms. The van der Waals surface area contributed by atoms with Gasteiger partial charge in [-0.3, -0.25) is 9.98 Å². The molecule has 3 N–H and O–H groups in total. The summed E-state index contributed by atoms with van der Waals surface area (Å²) in [7, 11) is 0. The molecule has 6 nitrogen and oxygen atoms in total. The van der Waals surface area contributed by atoms with E-state index in [9.17, 15) is 0 Å². The largest absolute Gasteiger partial charge is 0.457 e. The van der Waals surface area contributed by atoms with Crippen LogP contribution < -0.4 is 10.6 Å². The molecule has 2 aromatic carbocycles. The number of amidine groups is 2. The van der Waals surface area contributed by atoms with Gasteiger partial charge in [0.05, 0.1) is 13.1 Å². The number of aromatic nitrogens is 1. The van der Waals surface area contributed by atoms with E-state index in [4.69, 9.17) is 4.42 Å². The Bertz CT molecular complexity index is 1260. The van der Waals surface area contributed by atoms with Crippen LogP contribution in [-0.2, 0) is 0 Å². The second kappa shape index (κ2) is 7.96. The number of hydrogen-bond donors (Lipinski definition) is 3. The second-order valence-electron chi connectivity index (χ2n) is 7.58. The molecule has 0 spiro atoms. The van der Waals surface area contributed by atoms with Crippen LogP contribution in [0.25, 0.3) is 34.0 Å². The highest BCUT2D eigenvalue weighted by molar-refractivity contribution is 6.03. The molecule has 2 aromatic heterocycles. The molecular weight excluding hydrogens is 410 g/mol. The summed E-state index contributed by atoms with van der Waals surface area (Å²) in [5.74, 6) is 2.75. The second-order valence-corrected chi connectivity index (χ2v) is 7.58. The standard InChI is InChI=1S/C24H21N5O.ClH/c1-3-17(23-25-7-8-26-23)13-21-15(1)11-19(29-21)5-6-20-12-16-2-4-18(14-22(16)30-20)24-27-9-10-28-24;/h1-6,11-14,29H,7-10H2,(H,25,26)(H,27,28);1H/b6-5-;. The van der Waals surface area contributed by atoms with E-state index in [1.54, 1.807) is 0 Å². The Morgan fingerprint density at radius 2 is 1.48 bits per heavy atom. The molecule has 0 amide bonds. The molecule has 0 saturated heterocycles. The molecule has 0 radical (unpaired) electrons. The molecule has 31 heavy (non-hydrogen) atoms. The monoisotopic (exact) mass is 431 g/mol. The minimum absolute atomic E-state index is 0. The summed E-state index contributed by atoms with van der Waals surface area (Å²) < 4.78 is 6.04. The molecule has 4 heterocycles. The molecular formula is C24H22ClN5O. The van der Waals surface area contributed by atoms with Crippen LogP contribution >= 0.6 is 12.4 Å². The Hall–Kier alpha value is -3.51. The summed E-state index contributed by atoms with van der Waals surface area (Å²) in [6, 6.07) is 16.8. The van der Waals surface area contributed by atoms with E-state index < -0.39 is 0 Å². The predicted octanol–water partition coefficient (Wildman–Crippen LogP) is 4.21. The molecule has 0 bridgehead atoms. The third-order valence-electron chi connectivity index (χ3n) is 5.50. The number of H-pyrrole nitrogens is 1. The molecule has 0 atom stereocenters. The summed E-state index contributed by atoms with van der Waals surface area (Å²) >= 11 is 0. The number of nitrogens with zero attached hydrogens (tertiary/aromatic N) is 2. The van der Waals surface area contributed by atoms with Crippen molar-refractivity contribution in [2.75, 3.05) is 26.2 Å². The third kappa shape index (κ3) is 3.70. The van der Waals surface area contributed by atoms with E-state index in [-0.39, 0.29) is 12.4 Å². The van der Waals surface area contributed by atoms with Crippen LogP contribution in [0.1, 0.15) is 22.6 Å². The number of nitrogens with one attached hydrogen (secondary N) is 3. The molecule has 0 unspecified atom stereocenters. The number of rotatable bonds is 4. The number of fused-ring (bicyclic) bond motifs is 2. The minimum atomic E-state index is 0. The van der Waals surface area contributed by atoms with Gasteiger partial charge in [0.2, 0.25) is 0 Å². The van der Waals surface area contributed by atoms with Gasteiger partial charge in [0.15, 0.2) is 0 Å². The van der Waals surface area contributed by atoms with Crippen LogP contribution in [-0.4, -0.2) is 42.8 Å². The number of furan rings is 1. The zero-order valence-corrected chi connectivity index (χ0v) is 17.6. The van der Waals surface area contributed by atoms with Gasteiger partial charge in [-0.1, -0.05) is 24.3 Å². The Labute approximate surface area is 185 Å². The first-order valence-electron chi connectivity index (χ1n) is 10.2. The molecule has 0 saturated carbocycles. The summed E-state index contributed by atoms with van der Waals surface area (Å²) in [4.78, 5) is 12.5. The van der Waals surface area contributed by atoms with Crippen LogP contribution in [0.4, 0.5) is 0 Å². The lowest BCUT2D eigenvalue weighted by Crippen LogP contribution is -2.19. The summed E-state index contributed by atoms with van der Waals surface area (Å²) in [6.07, 6.45) is 4.05. The highest BCUT2D eigenvalue weighted by atomic mass is 35.5. The maximum atomic E-state index is 6.04. The first-order chi connectivity index (χ1) is 14.8. The average Bonchev–Trinajstić information content (AvgIpc) is 3.56.